The Kier molecular flexibility index (Phi) is 8.50. The number of benzene rings is 2. The molecular formula is C28H40N2O2. The Morgan fingerprint density at radius 1 is 1.03 bits per heavy atom. The first-order valence-electron chi connectivity index (χ1n) is 12.0. The number of hydrogen-bond acceptors (Lipinski definition) is 4. The van der Waals surface area contributed by atoms with Gasteiger partial charge in [-0.2, -0.15) is 0 Å². The van der Waals surface area contributed by atoms with E-state index < -0.39 is 5.60 Å². The van der Waals surface area contributed by atoms with E-state index in [1.165, 1.54) is 17.5 Å². The Hall–Kier alpha value is -2.17. The van der Waals surface area contributed by atoms with Crippen LogP contribution < -0.4 is 0 Å². The van der Waals surface area contributed by atoms with Gasteiger partial charge in [0.25, 0.3) is 0 Å². The normalized spacial score (nSPS) is 18.3. The summed E-state index contributed by atoms with van der Waals surface area (Å²) >= 11 is 0. The number of ether oxygens (including phenoxy) is 1. The Labute approximate surface area is 194 Å². The van der Waals surface area contributed by atoms with Gasteiger partial charge in [-0.15, -0.1) is 0 Å². The maximum atomic E-state index is 13.0. The molecule has 0 unspecified atom stereocenters. The van der Waals surface area contributed by atoms with Crippen molar-refractivity contribution in [3.63, 3.8) is 0 Å². The highest BCUT2D eigenvalue weighted by Crippen LogP contribution is 2.30. The average molecular weight is 437 g/mol. The number of esters is 1. The molecule has 174 valence electrons. The second-order valence-electron chi connectivity index (χ2n) is 10.3. The third-order valence-electron chi connectivity index (χ3n) is 6.18. The van der Waals surface area contributed by atoms with Crippen LogP contribution in [0.1, 0.15) is 65.0 Å². The number of rotatable bonds is 9. The van der Waals surface area contributed by atoms with Crippen molar-refractivity contribution in [1.82, 2.24) is 9.80 Å². The smallest absolute Gasteiger partial charge is 0.307 e. The van der Waals surface area contributed by atoms with Crippen LogP contribution in [0.3, 0.4) is 0 Å². The third kappa shape index (κ3) is 7.18. The molecule has 32 heavy (non-hydrogen) atoms. The fraction of sp³-hybridized carbons (Fsp3) is 0.536. The van der Waals surface area contributed by atoms with Crippen molar-refractivity contribution in [1.29, 1.82) is 0 Å². The van der Waals surface area contributed by atoms with Crippen LogP contribution >= 0.6 is 0 Å². The van der Waals surface area contributed by atoms with Crippen LogP contribution in [0, 0.1) is 0 Å². The van der Waals surface area contributed by atoms with E-state index in [2.05, 4.69) is 84.3 Å². The molecule has 0 aromatic heterocycles. The van der Waals surface area contributed by atoms with Gasteiger partial charge in [0.15, 0.2) is 0 Å². The van der Waals surface area contributed by atoms with Gasteiger partial charge in [-0.25, -0.2) is 0 Å². The van der Waals surface area contributed by atoms with E-state index in [1.807, 2.05) is 20.8 Å². The van der Waals surface area contributed by atoms with Crippen molar-refractivity contribution >= 4 is 5.97 Å². The minimum absolute atomic E-state index is 0.104. The van der Waals surface area contributed by atoms with E-state index in [1.54, 1.807) is 0 Å². The zero-order valence-electron chi connectivity index (χ0n) is 20.5. The number of carbonyl (C=O) groups is 1. The maximum absolute atomic E-state index is 13.0. The van der Waals surface area contributed by atoms with Crippen molar-refractivity contribution in [3.05, 3.63) is 71.8 Å². The van der Waals surface area contributed by atoms with Gasteiger partial charge in [-0.3, -0.25) is 14.6 Å². The lowest BCUT2D eigenvalue weighted by Crippen LogP contribution is -2.52. The Balaban J connectivity index is 1.86. The third-order valence-corrected chi connectivity index (χ3v) is 6.18. The zero-order chi connectivity index (χ0) is 23.1. The molecular weight excluding hydrogens is 396 g/mol. The van der Waals surface area contributed by atoms with Gasteiger partial charge in [0.05, 0.1) is 6.42 Å². The SMILES string of the molecule is CC(C)N(Cc1ccccc1)[C@H](CC(=O)OC(C)(C)C)[C@@H]1CCCN1Cc1ccccc1. The van der Waals surface area contributed by atoms with Gasteiger partial charge in [0.2, 0.25) is 0 Å². The fourth-order valence-corrected chi connectivity index (χ4v) is 4.81. The van der Waals surface area contributed by atoms with Crippen molar-refractivity contribution in [2.75, 3.05) is 6.54 Å². The van der Waals surface area contributed by atoms with E-state index in [0.717, 1.165) is 26.1 Å². The molecule has 1 saturated heterocycles. The first-order valence-corrected chi connectivity index (χ1v) is 12.0. The number of hydrogen-bond donors (Lipinski definition) is 0. The lowest BCUT2D eigenvalue weighted by Gasteiger charge is -2.41. The molecule has 1 heterocycles. The first kappa shape index (κ1) is 24.5. The van der Waals surface area contributed by atoms with Gasteiger partial charge in [-0.1, -0.05) is 60.7 Å². The summed E-state index contributed by atoms with van der Waals surface area (Å²) in [5.74, 6) is -0.104. The topological polar surface area (TPSA) is 32.8 Å². The molecule has 1 aliphatic rings. The molecule has 4 heteroatoms. The Morgan fingerprint density at radius 2 is 1.62 bits per heavy atom. The molecule has 3 rings (SSSR count). The maximum Gasteiger partial charge on any atom is 0.307 e. The molecule has 0 amide bonds. The highest BCUT2D eigenvalue weighted by molar-refractivity contribution is 5.70. The van der Waals surface area contributed by atoms with E-state index >= 15 is 0 Å². The minimum Gasteiger partial charge on any atom is -0.460 e. The molecule has 0 N–H and O–H groups in total. The average Bonchev–Trinajstić information content (AvgIpc) is 3.18. The molecule has 4 nitrogen and oxygen atoms in total. The van der Waals surface area contributed by atoms with Crippen LogP contribution in [0.4, 0.5) is 0 Å². The highest BCUT2D eigenvalue weighted by Gasteiger charge is 2.38. The highest BCUT2D eigenvalue weighted by atomic mass is 16.6. The van der Waals surface area contributed by atoms with Crippen LogP contribution in [-0.4, -0.2) is 46.0 Å². The summed E-state index contributed by atoms with van der Waals surface area (Å²) in [6.45, 7) is 13.1. The molecule has 2 atom stereocenters. The Bertz CT molecular complexity index is 830. The summed E-state index contributed by atoms with van der Waals surface area (Å²) < 4.78 is 5.78. The molecule has 0 radical (unpaired) electrons. The molecule has 1 fully saturated rings. The van der Waals surface area contributed by atoms with E-state index in [4.69, 9.17) is 4.74 Å². The lowest BCUT2D eigenvalue weighted by atomic mass is 9.97. The molecule has 2 aromatic carbocycles. The predicted molar refractivity (Wildman–Crippen MR) is 131 cm³/mol. The summed E-state index contributed by atoms with van der Waals surface area (Å²) in [5, 5.41) is 0. The lowest BCUT2D eigenvalue weighted by molar-refractivity contribution is -0.157. The summed E-state index contributed by atoms with van der Waals surface area (Å²) in [7, 11) is 0. The summed E-state index contributed by atoms with van der Waals surface area (Å²) in [6.07, 6.45) is 2.69. The minimum atomic E-state index is -0.469. The van der Waals surface area contributed by atoms with Gasteiger partial charge < -0.3 is 4.74 Å². The van der Waals surface area contributed by atoms with Gasteiger partial charge in [0.1, 0.15) is 5.60 Å². The monoisotopic (exact) mass is 436 g/mol. The van der Waals surface area contributed by atoms with E-state index in [0.29, 0.717) is 18.5 Å². The Morgan fingerprint density at radius 3 is 2.19 bits per heavy atom. The van der Waals surface area contributed by atoms with Crippen molar-refractivity contribution in [2.24, 2.45) is 0 Å². The molecule has 2 aromatic rings. The van der Waals surface area contributed by atoms with Crippen LogP contribution in [0.2, 0.25) is 0 Å². The summed E-state index contributed by atoms with van der Waals surface area (Å²) in [5.41, 5.74) is 2.14. The number of likely N-dealkylation sites (tertiary alicyclic amines) is 1. The molecule has 0 saturated carbocycles. The van der Waals surface area contributed by atoms with E-state index in [9.17, 15) is 4.79 Å². The first-order chi connectivity index (χ1) is 15.2. The fourth-order valence-electron chi connectivity index (χ4n) is 4.81. The van der Waals surface area contributed by atoms with Crippen molar-refractivity contribution in [3.8, 4) is 0 Å². The van der Waals surface area contributed by atoms with Gasteiger partial charge >= 0.3 is 5.97 Å². The number of carbonyl (C=O) groups excluding carboxylic acids is 1. The van der Waals surface area contributed by atoms with Crippen LogP contribution in [0.5, 0.6) is 0 Å². The van der Waals surface area contributed by atoms with Crippen molar-refractivity contribution < 1.29 is 9.53 Å². The zero-order valence-corrected chi connectivity index (χ0v) is 20.5. The van der Waals surface area contributed by atoms with E-state index in [-0.39, 0.29) is 12.0 Å². The summed E-state index contributed by atoms with van der Waals surface area (Å²) in [4.78, 5) is 18.1. The van der Waals surface area contributed by atoms with Crippen molar-refractivity contribution in [2.45, 2.75) is 90.7 Å². The molecule has 1 aliphatic heterocycles. The van der Waals surface area contributed by atoms with Crippen LogP contribution in [0.15, 0.2) is 60.7 Å². The largest absolute Gasteiger partial charge is 0.460 e. The molecule has 0 aliphatic carbocycles. The molecule has 0 bridgehead atoms. The van der Waals surface area contributed by atoms with Crippen LogP contribution in [-0.2, 0) is 22.6 Å². The standard InChI is InChI=1S/C28H40N2O2/c1-22(2)30(21-24-15-10-7-11-16-24)26(19-27(31)32-28(3,4)5)25-17-12-18-29(25)20-23-13-8-6-9-14-23/h6-11,13-16,22,25-26H,12,17-21H2,1-5H3/t25-,26+/m0/s1. The quantitative estimate of drug-likeness (QED) is 0.475. The van der Waals surface area contributed by atoms with Gasteiger partial charge in [0, 0.05) is 31.2 Å². The second-order valence-corrected chi connectivity index (χ2v) is 10.3. The van der Waals surface area contributed by atoms with Crippen LogP contribution in [0.25, 0.3) is 0 Å². The predicted octanol–water partition coefficient (Wildman–Crippen LogP) is 5.66. The molecule has 0 spiro atoms. The summed E-state index contributed by atoms with van der Waals surface area (Å²) in [6, 6.07) is 22.0. The second kappa shape index (κ2) is 11.1. The number of nitrogens with zero attached hydrogens (tertiary/aromatic N) is 2. The van der Waals surface area contributed by atoms with Gasteiger partial charge in [-0.05, 0) is 65.1 Å².